The van der Waals surface area contributed by atoms with Crippen molar-refractivity contribution in [2.45, 2.75) is 139 Å². The molecular weight excluding hydrogens is 583 g/mol. The van der Waals surface area contributed by atoms with Gasteiger partial charge in [-0.3, -0.25) is 0 Å². The molecule has 1 aliphatic heterocycles. The topological polar surface area (TPSA) is 9.23 Å². The first-order valence-corrected chi connectivity index (χ1v) is 24.3. The minimum atomic E-state index is -2.51. The van der Waals surface area contributed by atoms with E-state index in [0.29, 0.717) is 11.8 Å². The van der Waals surface area contributed by atoms with Crippen molar-refractivity contribution in [3.63, 3.8) is 0 Å². The molecule has 36 heavy (non-hydrogen) atoms. The van der Waals surface area contributed by atoms with Crippen LogP contribution in [0.2, 0.25) is 13.3 Å². The average Bonchev–Trinajstić information content (AvgIpc) is 3.45. The Kier molecular flexibility index (Phi) is 11.8. The van der Waals surface area contributed by atoms with Crippen molar-refractivity contribution in [1.29, 1.82) is 0 Å². The van der Waals surface area contributed by atoms with Gasteiger partial charge in [0.25, 0.3) is 0 Å². The number of hydrogen-bond donors (Lipinski definition) is 0. The molecule has 0 unspecified atom stereocenters. The third kappa shape index (κ3) is 7.14. The molecule has 1 aliphatic rings. The Labute approximate surface area is 235 Å². The second-order valence-electron chi connectivity index (χ2n) is 12.5. The number of unbranched alkanes of at least 4 members (excludes halogenated alkanes) is 3. The number of hydrogen-bond acceptors (Lipinski definition) is 3. The van der Waals surface area contributed by atoms with Crippen molar-refractivity contribution < 1.29 is 4.74 Å². The fourth-order valence-electron chi connectivity index (χ4n) is 5.98. The average molecular weight is 638 g/mol. The van der Waals surface area contributed by atoms with Crippen LogP contribution in [-0.4, -0.2) is 18.4 Å². The second-order valence-corrected chi connectivity index (χ2v) is 28.9. The van der Waals surface area contributed by atoms with Gasteiger partial charge in [-0.1, -0.05) is 0 Å². The summed E-state index contributed by atoms with van der Waals surface area (Å²) in [6.07, 6.45) is 13.1. The molecule has 4 heteroatoms. The van der Waals surface area contributed by atoms with Crippen LogP contribution in [0.5, 0.6) is 5.75 Å². The van der Waals surface area contributed by atoms with E-state index in [-0.39, 0.29) is 5.60 Å². The van der Waals surface area contributed by atoms with Crippen LogP contribution in [0.1, 0.15) is 123 Å². The molecule has 0 radical (unpaired) electrons. The van der Waals surface area contributed by atoms with E-state index >= 15 is 0 Å². The molecule has 0 spiro atoms. The molecule has 204 valence electrons. The fraction of sp³-hybridized carbons (Fsp3) is 0.750. The Balaban J connectivity index is 2.19. The van der Waals surface area contributed by atoms with E-state index in [1.165, 1.54) is 66.9 Å². The summed E-state index contributed by atoms with van der Waals surface area (Å²) < 4.78 is 13.7. The van der Waals surface area contributed by atoms with Crippen LogP contribution in [0.3, 0.4) is 0 Å². The predicted octanol–water partition coefficient (Wildman–Crippen LogP) is 11.3. The molecule has 3 heterocycles. The Hall–Kier alpha value is -0.00130. The van der Waals surface area contributed by atoms with Gasteiger partial charge >= 0.3 is 237 Å². The third-order valence-corrected chi connectivity index (χ3v) is 28.9. The molecule has 0 aliphatic carbocycles. The summed E-state index contributed by atoms with van der Waals surface area (Å²) in [5.41, 5.74) is 1.44. The van der Waals surface area contributed by atoms with Crippen LogP contribution < -0.4 is 7.63 Å². The summed E-state index contributed by atoms with van der Waals surface area (Å²) in [7, 11) is 0. The van der Waals surface area contributed by atoms with Crippen LogP contribution in [0.15, 0.2) is 12.1 Å². The standard InChI is InChI=1S/C20H27OS2.3C4H9.Sn/c1-13(2)6-9-20(10-7-14(3)4)16-8-11-22-18(16)19-17(21-20)12-15(5)23-19;3*1-3-4-2;/h8,12-14H,6-7,9-10H2,1-5H3;3*1,3-4H2,2H3;. The molecule has 2 aromatic heterocycles. The van der Waals surface area contributed by atoms with Gasteiger partial charge in [0.05, 0.1) is 0 Å². The summed E-state index contributed by atoms with van der Waals surface area (Å²) in [5, 5.41) is 0. The zero-order valence-corrected chi connectivity index (χ0v) is 29.2. The van der Waals surface area contributed by atoms with Crippen LogP contribution in [0, 0.1) is 18.8 Å². The van der Waals surface area contributed by atoms with Gasteiger partial charge in [0.15, 0.2) is 0 Å². The van der Waals surface area contributed by atoms with Crippen molar-refractivity contribution in [1.82, 2.24) is 0 Å². The molecule has 0 saturated heterocycles. The van der Waals surface area contributed by atoms with Crippen molar-refractivity contribution in [2.24, 2.45) is 11.8 Å². The molecule has 0 atom stereocenters. The monoisotopic (exact) mass is 638 g/mol. The molecular formula is C32H54OS2Sn. The fourth-order valence-corrected chi connectivity index (χ4v) is 27.4. The molecule has 0 N–H and O–H groups in total. The van der Waals surface area contributed by atoms with E-state index in [0.717, 1.165) is 12.8 Å². The first-order valence-electron chi connectivity index (χ1n) is 15.1. The van der Waals surface area contributed by atoms with E-state index in [9.17, 15) is 0 Å². The summed E-state index contributed by atoms with van der Waals surface area (Å²) in [5.74, 6) is 2.59. The van der Waals surface area contributed by atoms with Gasteiger partial charge in [0, 0.05) is 0 Å². The van der Waals surface area contributed by atoms with Crippen LogP contribution in [0.4, 0.5) is 0 Å². The molecule has 0 fully saturated rings. The van der Waals surface area contributed by atoms with Gasteiger partial charge in [0.2, 0.25) is 0 Å². The van der Waals surface area contributed by atoms with Crippen molar-refractivity contribution in [3.05, 3.63) is 22.6 Å². The number of thiophene rings is 2. The Morgan fingerprint density at radius 3 is 1.78 bits per heavy atom. The van der Waals surface area contributed by atoms with Crippen molar-refractivity contribution >= 4 is 43.9 Å². The second kappa shape index (κ2) is 13.9. The van der Waals surface area contributed by atoms with Gasteiger partial charge in [-0.05, 0) is 0 Å². The van der Waals surface area contributed by atoms with Crippen molar-refractivity contribution in [2.75, 3.05) is 0 Å². The number of rotatable bonds is 16. The van der Waals surface area contributed by atoms with Crippen LogP contribution in [-0.2, 0) is 5.60 Å². The Morgan fingerprint density at radius 1 is 0.778 bits per heavy atom. The summed E-state index contributed by atoms with van der Waals surface area (Å²) >= 11 is 1.70. The zero-order chi connectivity index (χ0) is 26.3. The minimum absolute atomic E-state index is 0.142. The van der Waals surface area contributed by atoms with Gasteiger partial charge in [-0.15, -0.1) is 0 Å². The maximum atomic E-state index is 7.18. The SMILES string of the molecule is CCC[CH2][Sn]([CH2]CCC)([CH2]CCC)[c]1cc2c(s1)-c1sc(C)cc1OC2(CCC(C)C)CCC(C)C. The van der Waals surface area contributed by atoms with E-state index < -0.39 is 18.4 Å². The maximum absolute atomic E-state index is 7.18. The molecule has 2 aromatic rings. The Bertz CT molecular complexity index is 904. The molecule has 0 aromatic carbocycles. The molecule has 1 nitrogen and oxygen atoms in total. The number of fused-ring (bicyclic) bond motifs is 3. The normalized spacial score (nSPS) is 14.8. The quantitative estimate of drug-likeness (QED) is 0.167. The first-order chi connectivity index (χ1) is 17.2. The predicted molar refractivity (Wildman–Crippen MR) is 167 cm³/mol. The zero-order valence-electron chi connectivity index (χ0n) is 24.7. The van der Waals surface area contributed by atoms with E-state index in [1.807, 2.05) is 14.2 Å². The van der Waals surface area contributed by atoms with Crippen LogP contribution >= 0.6 is 22.7 Å². The number of aryl methyl sites for hydroxylation is 1. The molecule has 0 bridgehead atoms. The van der Waals surface area contributed by atoms with E-state index in [4.69, 9.17) is 4.74 Å². The van der Waals surface area contributed by atoms with Crippen LogP contribution in [0.25, 0.3) is 9.75 Å². The summed E-state index contributed by atoms with van der Waals surface area (Å²) in [6.45, 7) is 19.0. The van der Waals surface area contributed by atoms with Gasteiger partial charge in [-0.25, -0.2) is 0 Å². The van der Waals surface area contributed by atoms with Gasteiger partial charge < -0.3 is 0 Å². The summed E-state index contributed by atoms with van der Waals surface area (Å²) in [4.78, 5) is 4.43. The van der Waals surface area contributed by atoms with Crippen molar-refractivity contribution in [3.8, 4) is 15.5 Å². The van der Waals surface area contributed by atoms with E-state index in [1.54, 1.807) is 23.8 Å². The molecule has 0 saturated carbocycles. The Morgan fingerprint density at radius 2 is 1.31 bits per heavy atom. The molecule has 3 rings (SSSR count). The van der Waals surface area contributed by atoms with Gasteiger partial charge in [-0.2, -0.15) is 0 Å². The number of ether oxygens (including phenoxy) is 1. The first kappa shape index (κ1) is 30.5. The van der Waals surface area contributed by atoms with E-state index in [2.05, 4.69) is 78.9 Å². The van der Waals surface area contributed by atoms with Gasteiger partial charge in [0.1, 0.15) is 0 Å². The molecule has 0 amide bonds. The third-order valence-electron chi connectivity index (χ3n) is 8.36. The summed E-state index contributed by atoms with van der Waals surface area (Å²) in [6, 6.07) is 5.11.